The first-order chi connectivity index (χ1) is 18.7. The molecule has 1 aliphatic heterocycles. The molecule has 0 bridgehead atoms. The average molecular weight is 545 g/mol. The van der Waals surface area contributed by atoms with Gasteiger partial charge in [-0.2, -0.15) is 13.8 Å². The summed E-state index contributed by atoms with van der Waals surface area (Å²) in [6.45, 7) is 10.7. The maximum atomic E-state index is 14.8. The third-order valence-electron chi connectivity index (χ3n) is 7.50. The van der Waals surface area contributed by atoms with Gasteiger partial charge in [-0.15, -0.1) is 6.58 Å². The van der Waals surface area contributed by atoms with E-state index in [4.69, 9.17) is 4.42 Å². The van der Waals surface area contributed by atoms with Crippen molar-refractivity contribution in [2.75, 3.05) is 54.4 Å². The lowest BCUT2D eigenvalue weighted by Crippen LogP contribution is -2.49. The molecule has 0 unspecified atom stereocenters. The zero-order valence-electron chi connectivity index (χ0n) is 22.8. The molecule has 2 aromatic rings. The number of carbonyl (C=O) groups is 2. The van der Waals surface area contributed by atoms with Gasteiger partial charge in [0.2, 0.25) is 11.7 Å². The first kappa shape index (κ1) is 28.5. The van der Waals surface area contributed by atoms with Crippen molar-refractivity contribution in [1.82, 2.24) is 14.9 Å². The van der Waals surface area contributed by atoms with E-state index < -0.39 is 29.7 Å². The predicted octanol–water partition coefficient (Wildman–Crippen LogP) is 5.06. The van der Waals surface area contributed by atoms with Crippen LogP contribution in [0.2, 0.25) is 0 Å². The number of amides is 2. The molecular formula is C28H38F2N6O3. The highest BCUT2D eigenvalue weighted by Crippen LogP contribution is 2.36. The molecule has 2 aromatic heterocycles. The van der Waals surface area contributed by atoms with E-state index in [2.05, 4.69) is 26.8 Å². The summed E-state index contributed by atoms with van der Waals surface area (Å²) in [5, 5.41) is 2.60. The SMILES string of the molecule is C=CCC(F)(F)c1nc(N(CC)CC)oc1C(=O)Nc1ccc(N2CCN(C(=O)CC3CCCC3)CC2)nc1. The van der Waals surface area contributed by atoms with Crippen LogP contribution in [-0.4, -0.2) is 66.0 Å². The lowest BCUT2D eigenvalue weighted by molar-refractivity contribution is -0.132. The highest BCUT2D eigenvalue weighted by molar-refractivity contribution is 6.03. The molecule has 1 aliphatic carbocycles. The number of hydrogen-bond acceptors (Lipinski definition) is 7. The number of carbonyl (C=O) groups excluding carboxylic acids is 2. The van der Waals surface area contributed by atoms with E-state index in [9.17, 15) is 18.4 Å². The lowest BCUT2D eigenvalue weighted by Gasteiger charge is -2.36. The molecule has 1 saturated heterocycles. The fourth-order valence-electron chi connectivity index (χ4n) is 5.23. The van der Waals surface area contributed by atoms with E-state index in [-0.39, 0.29) is 11.9 Å². The fourth-order valence-corrected chi connectivity index (χ4v) is 5.23. The molecule has 3 heterocycles. The number of halogens is 2. The Morgan fingerprint density at radius 2 is 1.87 bits per heavy atom. The second-order valence-electron chi connectivity index (χ2n) is 10.1. The smallest absolute Gasteiger partial charge is 0.298 e. The van der Waals surface area contributed by atoms with Gasteiger partial charge in [0.25, 0.3) is 17.8 Å². The van der Waals surface area contributed by atoms with E-state index in [0.717, 1.165) is 24.7 Å². The summed E-state index contributed by atoms with van der Waals surface area (Å²) < 4.78 is 35.1. The summed E-state index contributed by atoms with van der Waals surface area (Å²) in [4.78, 5) is 39.8. The zero-order valence-corrected chi connectivity index (χ0v) is 22.8. The van der Waals surface area contributed by atoms with Gasteiger partial charge in [0.05, 0.1) is 11.9 Å². The zero-order chi connectivity index (χ0) is 28.0. The summed E-state index contributed by atoms with van der Waals surface area (Å²) in [6.07, 6.45) is 7.31. The van der Waals surface area contributed by atoms with E-state index in [0.29, 0.717) is 57.3 Å². The third-order valence-corrected chi connectivity index (χ3v) is 7.50. The van der Waals surface area contributed by atoms with Gasteiger partial charge in [-0.05, 0) is 44.7 Å². The topological polar surface area (TPSA) is 94.8 Å². The normalized spacial score (nSPS) is 16.4. The Kier molecular flexibility index (Phi) is 9.19. The molecule has 2 amide bonds. The maximum absolute atomic E-state index is 14.8. The van der Waals surface area contributed by atoms with E-state index in [1.165, 1.54) is 19.0 Å². The fraction of sp³-hybridized carbons (Fsp3) is 0.571. The number of rotatable bonds is 11. The second-order valence-corrected chi connectivity index (χ2v) is 10.1. The molecule has 0 atom stereocenters. The monoisotopic (exact) mass is 544 g/mol. The Balaban J connectivity index is 1.39. The summed E-state index contributed by atoms with van der Waals surface area (Å²) in [7, 11) is 0. The molecule has 212 valence electrons. The van der Waals surface area contributed by atoms with Crippen LogP contribution in [-0.2, 0) is 10.7 Å². The van der Waals surface area contributed by atoms with Gasteiger partial charge < -0.3 is 24.4 Å². The molecule has 1 saturated carbocycles. The molecule has 0 aromatic carbocycles. The standard InChI is InChI=1S/C28H38F2N6O3/c1-4-13-28(29,30)25-24(39-27(33-25)34(5-2)6-3)26(38)32-21-11-12-22(31-19-21)35-14-16-36(17-15-35)23(37)18-20-9-7-8-10-20/h4,11-12,19-20H,1,5-10,13-18H2,2-3H3,(H,32,38). The molecule has 0 spiro atoms. The number of alkyl halides is 2. The minimum atomic E-state index is -3.41. The first-order valence-corrected chi connectivity index (χ1v) is 13.8. The first-order valence-electron chi connectivity index (χ1n) is 13.8. The number of oxazole rings is 1. The van der Waals surface area contributed by atoms with Crippen molar-refractivity contribution in [3.63, 3.8) is 0 Å². The van der Waals surface area contributed by atoms with Crippen molar-refractivity contribution in [3.8, 4) is 0 Å². The number of pyridine rings is 1. The van der Waals surface area contributed by atoms with Crippen molar-refractivity contribution >= 4 is 29.3 Å². The Morgan fingerprint density at radius 3 is 2.46 bits per heavy atom. The highest BCUT2D eigenvalue weighted by Gasteiger charge is 2.40. The van der Waals surface area contributed by atoms with Crippen molar-refractivity contribution < 1.29 is 22.8 Å². The summed E-state index contributed by atoms with van der Waals surface area (Å²) in [5.41, 5.74) is -0.375. The molecule has 2 fully saturated rings. The molecule has 2 aliphatic rings. The molecule has 9 nitrogen and oxygen atoms in total. The minimum Gasteiger partial charge on any atom is -0.418 e. The molecule has 4 rings (SSSR count). The molecule has 0 radical (unpaired) electrons. The highest BCUT2D eigenvalue weighted by atomic mass is 19.3. The summed E-state index contributed by atoms with van der Waals surface area (Å²) in [6, 6.07) is 3.40. The van der Waals surface area contributed by atoms with Gasteiger partial charge >= 0.3 is 0 Å². The van der Waals surface area contributed by atoms with Gasteiger partial charge in [0.15, 0.2) is 5.69 Å². The van der Waals surface area contributed by atoms with Crippen LogP contribution < -0.4 is 15.1 Å². The number of nitrogens with zero attached hydrogens (tertiary/aromatic N) is 5. The van der Waals surface area contributed by atoms with Crippen LogP contribution in [0.15, 0.2) is 35.4 Å². The van der Waals surface area contributed by atoms with Gasteiger partial charge in [0, 0.05) is 52.1 Å². The number of allylic oxidation sites excluding steroid dienone is 1. The van der Waals surface area contributed by atoms with Crippen LogP contribution >= 0.6 is 0 Å². The van der Waals surface area contributed by atoms with Gasteiger partial charge in [-0.25, -0.2) is 4.98 Å². The van der Waals surface area contributed by atoms with E-state index >= 15 is 0 Å². The molecular weight excluding hydrogens is 506 g/mol. The average Bonchev–Trinajstić information content (AvgIpc) is 3.61. The van der Waals surface area contributed by atoms with Gasteiger partial charge in [-0.3, -0.25) is 9.59 Å². The van der Waals surface area contributed by atoms with Crippen LogP contribution in [0.4, 0.5) is 26.3 Å². The van der Waals surface area contributed by atoms with Gasteiger partial charge in [-0.1, -0.05) is 18.9 Å². The molecule has 39 heavy (non-hydrogen) atoms. The maximum Gasteiger partial charge on any atom is 0.298 e. The summed E-state index contributed by atoms with van der Waals surface area (Å²) in [5.74, 6) is -3.29. The van der Waals surface area contributed by atoms with Crippen LogP contribution in [0.25, 0.3) is 0 Å². The van der Waals surface area contributed by atoms with Crippen LogP contribution in [0.5, 0.6) is 0 Å². The van der Waals surface area contributed by atoms with E-state index in [1.807, 2.05) is 18.7 Å². The Morgan fingerprint density at radius 1 is 1.18 bits per heavy atom. The van der Waals surface area contributed by atoms with Crippen molar-refractivity contribution in [2.45, 2.75) is 58.3 Å². The molecule has 1 N–H and O–H groups in total. The lowest BCUT2D eigenvalue weighted by atomic mass is 10.0. The quantitative estimate of drug-likeness (QED) is 0.395. The Bertz CT molecular complexity index is 1130. The number of aromatic nitrogens is 2. The minimum absolute atomic E-state index is 0.0294. The number of piperazine rings is 1. The predicted molar refractivity (Wildman–Crippen MR) is 146 cm³/mol. The van der Waals surface area contributed by atoms with Crippen molar-refractivity contribution in [3.05, 3.63) is 42.4 Å². The van der Waals surface area contributed by atoms with Crippen LogP contribution in [0.3, 0.4) is 0 Å². The van der Waals surface area contributed by atoms with Gasteiger partial charge in [0.1, 0.15) is 5.82 Å². The number of anilines is 3. The Labute approximate surface area is 228 Å². The van der Waals surface area contributed by atoms with Crippen molar-refractivity contribution in [1.29, 1.82) is 0 Å². The Hall–Kier alpha value is -3.50. The number of nitrogens with one attached hydrogen (secondary N) is 1. The van der Waals surface area contributed by atoms with Crippen molar-refractivity contribution in [2.24, 2.45) is 5.92 Å². The molecule has 11 heteroatoms. The third kappa shape index (κ3) is 6.75. The number of hydrogen-bond donors (Lipinski definition) is 1. The largest absolute Gasteiger partial charge is 0.418 e. The van der Waals surface area contributed by atoms with E-state index in [1.54, 1.807) is 17.0 Å². The van der Waals surface area contributed by atoms with Crippen LogP contribution in [0, 0.1) is 5.92 Å². The summed E-state index contributed by atoms with van der Waals surface area (Å²) >= 11 is 0. The second kappa shape index (κ2) is 12.6. The van der Waals surface area contributed by atoms with Crippen LogP contribution in [0.1, 0.15) is 68.6 Å².